The van der Waals surface area contributed by atoms with Gasteiger partial charge in [0.25, 0.3) is 0 Å². The quantitative estimate of drug-likeness (QED) is 0.640. The summed E-state index contributed by atoms with van der Waals surface area (Å²) >= 11 is 0. The van der Waals surface area contributed by atoms with Crippen molar-refractivity contribution in [3.05, 3.63) is 0 Å². The van der Waals surface area contributed by atoms with E-state index in [0.717, 1.165) is 0 Å². The van der Waals surface area contributed by atoms with E-state index in [1.165, 1.54) is 0 Å². The van der Waals surface area contributed by atoms with Crippen LogP contribution in [0.5, 0.6) is 0 Å². The van der Waals surface area contributed by atoms with Crippen LogP contribution in [0.4, 0.5) is 18.0 Å². The molecule has 2 N–H and O–H groups in total. The van der Waals surface area contributed by atoms with Crippen LogP contribution in [-0.4, -0.2) is 17.9 Å². The van der Waals surface area contributed by atoms with Gasteiger partial charge in [0.1, 0.15) is 0 Å². The third-order valence-electron chi connectivity index (χ3n) is 1.52. The number of ether oxygens (including phenoxy) is 1. The van der Waals surface area contributed by atoms with E-state index in [0.29, 0.717) is 0 Å². The van der Waals surface area contributed by atoms with Crippen molar-refractivity contribution in [2.24, 2.45) is 5.73 Å². The number of rotatable bonds is 1. The average molecular weight is 169 g/mol. The molecular weight excluding hydrogens is 163 g/mol. The summed E-state index contributed by atoms with van der Waals surface area (Å²) in [5.74, 6) is 0. The van der Waals surface area contributed by atoms with Gasteiger partial charge in [0.2, 0.25) is 5.60 Å². The molecule has 0 radical (unpaired) electrons. The van der Waals surface area contributed by atoms with E-state index < -0.39 is 17.9 Å². The molecule has 1 aliphatic carbocycles. The molecule has 1 fully saturated rings. The fourth-order valence-corrected chi connectivity index (χ4v) is 0.749. The number of carbonyl (C=O) groups excluding carboxylic acids is 1. The molecule has 0 unspecified atom stereocenters. The van der Waals surface area contributed by atoms with Gasteiger partial charge < -0.3 is 10.5 Å². The maximum absolute atomic E-state index is 11.9. The number of carbonyl (C=O) groups is 1. The molecule has 1 saturated carbocycles. The van der Waals surface area contributed by atoms with Gasteiger partial charge in [-0.1, -0.05) is 0 Å². The van der Waals surface area contributed by atoms with E-state index in [2.05, 4.69) is 10.5 Å². The Balaban J connectivity index is 2.61. The van der Waals surface area contributed by atoms with Crippen molar-refractivity contribution >= 4 is 6.09 Å². The molecule has 0 spiro atoms. The molecule has 0 bridgehead atoms. The molecule has 0 saturated heterocycles. The van der Waals surface area contributed by atoms with Crippen molar-refractivity contribution in [2.45, 2.75) is 24.6 Å². The zero-order valence-electron chi connectivity index (χ0n) is 5.44. The van der Waals surface area contributed by atoms with Crippen LogP contribution in [-0.2, 0) is 4.74 Å². The number of halogens is 3. The van der Waals surface area contributed by atoms with Gasteiger partial charge in [-0.25, -0.2) is 4.79 Å². The third-order valence-corrected chi connectivity index (χ3v) is 1.52. The summed E-state index contributed by atoms with van der Waals surface area (Å²) in [6, 6.07) is 0. The summed E-state index contributed by atoms with van der Waals surface area (Å²) in [5.41, 5.74) is 2.19. The second kappa shape index (κ2) is 2.02. The van der Waals surface area contributed by atoms with Gasteiger partial charge in [-0.3, -0.25) is 0 Å². The van der Waals surface area contributed by atoms with Gasteiger partial charge in [0.15, 0.2) is 0 Å². The third kappa shape index (κ3) is 1.38. The van der Waals surface area contributed by atoms with E-state index in [9.17, 15) is 18.0 Å². The van der Waals surface area contributed by atoms with E-state index >= 15 is 0 Å². The Morgan fingerprint density at radius 1 is 1.45 bits per heavy atom. The normalized spacial score (nSPS) is 21.0. The van der Waals surface area contributed by atoms with Crippen LogP contribution in [0.15, 0.2) is 0 Å². The predicted molar refractivity (Wildman–Crippen MR) is 28.7 cm³/mol. The Morgan fingerprint density at radius 2 is 1.91 bits per heavy atom. The van der Waals surface area contributed by atoms with E-state index in [4.69, 9.17) is 0 Å². The number of primary amides is 1. The molecule has 0 atom stereocenters. The van der Waals surface area contributed by atoms with Crippen LogP contribution < -0.4 is 5.73 Å². The van der Waals surface area contributed by atoms with Crippen LogP contribution in [0.3, 0.4) is 0 Å². The fraction of sp³-hybridized carbons (Fsp3) is 0.800. The van der Waals surface area contributed by atoms with Crippen LogP contribution in [0, 0.1) is 0 Å². The summed E-state index contributed by atoms with van der Waals surface area (Å²) in [7, 11) is 0. The molecule has 3 nitrogen and oxygen atoms in total. The predicted octanol–water partition coefficient (Wildman–Crippen LogP) is 1.18. The minimum Gasteiger partial charge on any atom is -0.433 e. The van der Waals surface area contributed by atoms with Crippen molar-refractivity contribution < 1.29 is 22.7 Å². The number of hydrogen-bond donors (Lipinski definition) is 1. The second-order valence-corrected chi connectivity index (χ2v) is 2.41. The SMILES string of the molecule is NC(=O)OC1(C(F)(F)F)CC1. The van der Waals surface area contributed by atoms with Crippen LogP contribution in [0.25, 0.3) is 0 Å². The molecule has 0 heterocycles. The summed E-state index contributed by atoms with van der Waals surface area (Å²) in [5, 5.41) is 0. The first kappa shape index (κ1) is 8.16. The van der Waals surface area contributed by atoms with E-state index in [1.54, 1.807) is 0 Å². The monoisotopic (exact) mass is 169 g/mol. The highest BCUT2D eigenvalue weighted by molar-refractivity contribution is 5.65. The fourth-order valence-electron chi connectivity index (χ4n) is 0.749. The van der Waals surface area contributed by atoms with Gasteiger partial charge >= 0.3 is 12.3 Å². The lowest BCUT2D eigenvalue weighted by Gasteiger charge is -2.17. The Kier molecular flexibility index (Phi) is 1.50. The summed E-state index contributed by atoms with van der Waals surface area (Å²) in [4.78, 5) is 10.0. The first-order chi connectivity index (χ1) is 4.87. The van der Waals surface area contributed by atoms with Crippen molar-refractivity contribution in [3.8, 4) is 0 Å². The summed E-state index contributed by atoms with van der Waals surface area (Å²) < 4.78 is 39.7. The maximum atomic E-state index is 11.9. The minimum atomic E-state index is -4.48. The zero-order chi connectivity index (χ0) is 8.70. The van der Waals surface area contributed by atoms with Crippen molar-refractivity contribution in [1.82, 2.24) is 0 Å². The first-order valence-electron chi connectivity index (χ1n) is 2.93. The van der Waals surface area contributed by atoms with Gasteiger partial charge in [-0.2, -0.15) is 13.2 Å². The Hall–Kier alpha value is -0.940. The highest BCUT2D eigenvalue weighted by Crippen LogP contribution is 2.51. The molecular formula is C5H6F3NO2. The number of amides is 1. The Labute approximate surface area is 60.3 Å². The molecule has 11 heavy (non-hydrogen) atoms. The van der Waals surface area contributed by atoms with Crippen LogP contribution in [0.2, 0.25) is 0 Å². The van der Waals surface area contributed by atoms with Crippen LogP contribution in [0.1, 0.15) is 12.8 Å². The van der Waals surface area contributed by atoms with E-state index in [-0.39, 0.29) is 12.8 Å². The van der Waals surface area contributed by atoms with Gasteiger partial charge in [-0.15, -0.1) is 0 Å². The number of hydrogen-bond acceptors (Lipinski definition) is 2. The molecule has 64 valence electrons. The smallest absolute Gasteiger partial charge is 0.428 e. The highest BCUT2D eigenvalue weighted by atomic mass is 19.4. The standard InChI is InChI=1S/C5H6F3NO2/c6-5(7,8)4(1-2-4)11-3(9)10/h1-2H2,(H2,9,10). The topological polar surface area (TPSA) is 52.3 Å². The van der Waals surface area contributed by atoms with Crippen molar-refractivity contribution in [2.75, 3.05) is 0 Å². The van der Waals surface area contributed by atoms with E-state index in [1.807, 2.05) is 0 Å². The summed E-state index contributed by atoms with van der Waals surface area (Å²) in [6.45, 7) is 0. The summed E-state index contributed by atoms with van der Waals surface area (Å²) in [6.07, 6.45) is -6.22. The molecule has 0 aliphatic heterocycles. The zero-order valence-corrected chi connectivity index (χ0v) is 5.44. The van der Waals surface area contributed by atoms with Crippen molar-refractivity contribution in [1.29, 1.82) is 0 Å². The van der Waals surface area contributed by atoms with Gasteiger partial charge in [-0.05, 0) is 0 Å². The molecule has 0 aromatic rings. The number of nitrogens with two attached hydrogens (primary N) is 1. The molecule has 0 aromatic carbocycles. The first-order valence-corrected chi connectivity index (χ1v) is 2.93. The van der Waals surface area contributed by atoms with Crippen molar-refractivity contribution in [3.63, 3.8) is 0 Å². The average Bonchev–Trinajstić information content (AvgIpc) is 2.42. The van der Waals surface area contributed by atoms with Crippen LogP contribution >= 0.6 is 0 Å². The van der Waals surface area contributed by atoms with Gasteiger partial charge in [0, 0.05) is 12.8 Å². The van der Waals surface area contributed by atoms with Gasteiger partial charge in [0.05, 0.1) is 0 Å². The number of alkyl halides is 3. The Morgan fingerprint density at radius 3 is 2.00 bits per heavy atom. The lowest BCUT2D eigenvalue weighted by molar-refractivity contribution is -0.216. The lowest BCUT2D eigenvalue weighted by atomic mass is 10.3. The maximum Gasteiger partial charge on any atom is 0.428 e. The molecule has 0 aromatic heterocycles. The lowest BCUT2D eigenvalue weighted by Crippen LogP contribution is -2.37. The molecule has 1 aliphatic rings. The largest absolute Gasteiger partial charge is 0.433 e. The Bertz CT molecular complexity index is 185. The minimum absolute atomic E-state index is 0.181. The second-order valence-electron chi connectivity index (χ2n) is 2.41. The highest BCUT2D eigenvalue weighted by Gasteiger charge is 2.67. The molecule has 1 rings (SSSR count). The molecule has 6 heteroatoms. The molecule has 1 amide bonds.